The average molecular weight is 452 g/mol. The number of imidazole rings is 1. The lowest BCUT2D eigenvalue weighted by Gasteiger charge is -2.32. The predicted molar refractivity (Wildman–Crippen MR) is 129 cm³/mol. The highest BCUT2D eigenvalue weighted by Crippen LogP contribution is 2.31. The zero-order valence-corrected chi connectivity index (χ0v) is 19.0. The molecule has 2 aromatic heterocycles. The number of aryl methyl sites for hydroxylation is 1. The van der Waals surface area contributed by atoms with Gasteiger partial charge in [-0.3, -0.25) is 4.79 Å². The fraction of sp³-hybridized carbons (Fsp3) is 0.333. The van der Waals surface area contributed by atoms with Crippen LogP contribution in [0.2, 0.25) is 5.02 Å². The second-order valence-corrected chi connectivity index (χ2v) is 8.79. The Morgan fingerprint density at radius 3 is 2.81 bits per heavy atom. The molecule has 0 radical (unpaired) electrons. The Hall–Kier alpha value is -3.03. The Balaban J connectivity index is 1.80. The molecule has 2 N–H and O–H groups in total. The van der Waals surface area contributed by atoms with Crippen LogP contribution in [-0.2, 0) is 13.6 Å². The Labute approximate surface area is 191 Å². The van der Waals surface area contributed by atoms with Crippen molar-refractivity contribution in [3.8, 4) is 5.75 Å². The number of piperidine rings is 1. The van der Waals surface area contributed by atoms with E-state index in [1.165, 1.54) is 0 Å². The topological polar surface area (TPSA) is 78.3 Å². The summed E-state index contributed by atoms with van der Waals surface area (Å²) >= 11 is 6.49. The van der Waals surface area contributed by atoms with Crippen molar-refractivity contribution in [3.63, 3.8) is 0 Å². The van der Waals surface area contributed by atoms with Crippen molar-refractivity contribution in [2.24, 2.45) is 12.8 Å². The molecular formula is C24H26ClN5O2. The molecule has 8 heteroatoms. The molecule has 0 amide bonds. The van der Waals surface area contributed by atoms with Crippen molar-refractivity contribution >= 4 is 39.5 Å². The quantitative estimate of drug-likeness (QED) is 0.513. The monoisotopic (exact) mass is 451 g/mol. The van der Waals surface area contributed by atoms with E-state index < -0.39 is 0 Å². The third kappa shape index (κ3) is 3.42. The number of rotatable bonds is 4. The summed E-state index contributed by atoms with van der Waals surface area (Å²) in [5.74, 6) is 1.46. The van der Waals surface area contributed by atoms with Crippen LogP contribution in [0.25, 0.3) is 21.9 Å². The summed E-state index contributed by atoms with van der Waals surface area (Å²) in [5.41, 5.74) is 9.15. The number of methoxy groups -OCH3 is 1. The number of halogens is 1. The van der Waals surface area contributed by atoms with E-state index >= 15 is 0 Å². The van der Waals surface area contributed by atoms with Crippen LogP contribution in [0, 0.1) is 0 Å². The molecule has 4 aromatic rings. The molecule has 1 saturated heterocycles. The predicted octanol–water partition coefficient (Wildman–Crippen LogP) is 3.53. The van der Waals surface area contributed by atoms with E-state index in [4.69, 9.17) is 27.1 Å². The van der Waals surface area contributed by atoms with Gasteiger partial charge in [0.1, 0.15) is 16.8 Å². The van der Waals surface area contributed by atoms with Crippen LogP contribution in [0.1, 0.15) is 18.4 Å². The van der Waals surface area contributed by atoms with E-state index in [1.54, 1.807) is 18.7 Å². The standard InChI is InChI=1S/C24H26ClN5O2/c1-28-20-12-17(32-2)9-10-18(20)21-22(23(28)31)30(13-15-6-3-4-8-19(15)25)24(27-21)29-11-5-7-16(26)14-29/h3-4,6,8-10,12,16H,5,7,11,13-14,26H2,1-2H3/t16-/m1/s1. The number of benzene rings is 2. The van der Waals surface area contributed by atoms with E-state index in [9.17, 15) is 4.79 Å². The normalized spacial score (nSPS) is 16.8. The van der Waals surface area contributed by atoms with Crippen molar-refractivity contribution in [3.05, 3.63) is 63.4 Å². The van der Waals surface area contributed by atoms with Crippen molar-refractivity contribution in [1.82, 2.24) is 14.1 Å². The Morgan fingerprint density at radius 2 is 2.06 bits per heavy atom. The van der Waals surface area contributed by atoms with Gasteiger partial charge in [-0.05, 0) is 36.6 Å². The second-order valence-electron chi connectivity index (χ2n) is 8.38. The number of ether oxygens (including phenoxy) is 1. The molecule has 32 heavy (non-hydrogen) atoms. The molecule has 0 aliphatic carbocycles. The molecular weight excluding hydrogens is 426 g/mol. The van der Waals surface area contributed by atoms with E-state index in [2.05, 4.69) is 4.90 Å². The van der Waals surface area contributed by atoms with Gasteiger partial charge in [0.05, 0.1) is 19.2 Å². The highest BCUT2D eigenvalue weighted by molar-refractivity contribution is 6.31. The number of fused-ring (bicyclic) bond motifs is 3. The van der Waals surface area contributed by atoms with Crippen molar-refractivity contribution in [2.45, 2.75) is 25.4 Å². The fourth-order valence-corrected chi connectivity index (χ4v) is 4.81. The molecule has 0 saturated carbocycles. The molecule has 1 aliphatic heterocycles. The van der Waals surface area contributed by atoms with Gasteiger partial charge < -0.3 is 24.5 Å². The maximum atomic E-state index is 13.6. The molecule has 1 aliphatic rings. The van der Waals surface area contributed by atoms with Gasteiger partial charge in [0.15, 0.2) is 0 Å². The second kappa shape index (κ2) is 8.15. The molecule has 3 heterocycles. The first kappa shape index (κ1) is 20.8. The Bertz CT molecular complexity index is 1380. The van der Waals surface area contributed by atoms with Gasteiger partial charge in [-0.1, -0.05) is 29.8 Å². The third-order valence-corrected chi connectivity index (χ3v) is 6.67. The Kier molecular flexibility index (Phi) is 5.31. The molecule has 0 unspecified atom stereocenters. The van der Waals surface area contributed by atoms with Gasteiger partial charge in [-0.25, -0.2) is 4.98 Å². The SMILES string of the molecule is COc1ccc2c3nc(N4CCC[C@@H](N)C4)n(Cc4ccccc4Cl)c3c(=O)n(C)c2c1. The van der Waals surface area contributed by atoms with Crippen LogP contribution in [0.4, 0.5) is 5.95 Å². The summed E-state index contributed by atoms with van der Waals surface area (Å²) in [4.78, 5) is 20.8. The van der Waals surface area contributed by atoms with E-state index in [-0.39, 0.29) is 11.6 Å². The lowest BCUT2D eigenvalue weighted by atomic mass is 10.1. The number of hydrogen-bond donors (Lipinski definition) is 1. The Morgan fingerprint density at radius 1 is 1.25 bits per heavy atom. The average Bonchev–Trinajstić information content (AvgIpc) is 3.18. The maximum Gasteiger partial charge on any atom is 0.277 e. The summed E-state index contributed by atoms with van der Waals surface area (Å²) in [6.45, 7) is 2.01. The first-order valence-corrected chi connectivity index (χ1v) is 11.2. The molecule has 166 valence electrons. The van der Waals surface area contributed by atoms with Gasteiger partial charge in [0, 0.05) is 42.7 Å². The van der Waals surface area contributed by atoms with Crippen LogP contribution >= 0.6 is 11.6 Å². The van der Waals surface area contributed by atoms with Gasteiger partial charge in [0.25, 0.3) is 5.56 Å². The molecule has 0 spiro atoms. The van der Waals surface area contributed by atoms with E-state index in [1.807, 2.05) is 47.0 Å². The molecule has 7 nitrogen and oxygen atoms in total. The molecule has 5 rings (SSSR count). The van der Waals surface area contributed by atoms with Gasteiger partial charge in [-0.2, -0.15) is 0 Å². The van der Waals surface area contributed by atoms with Crippen LogP contribution in [0.15, 0.2) is 47.3 Å². The number of anilines is 1. The number of pyridine rings is 1. The van der Waals surface area contributed by atoms with Gasteiger partial charge >= 0.3 is 0 Å². The lowest BCUT2D eigenvalue weighted by molar-refractivity contribution is 0.415. The van der Waals surface area contributed by atoms with E-state index in [0.29, 0.717) is 34.9 Å². The summed E-state index contributed by atoms with van der Waals surface area (Å²) < 4.78 is 9.04. The van der Waals surface area contributed by atoms with Crippen molar-refractivity contribution < 1.29 is 4.74 Å². The minimum atomic E-state index is -0.104. The van der Waals surface area contributed by atoms with Crippen molar-refractivity contribution in [1.29, 1.82) is 0 Å². The molecule has 1 fully saturated rings. The highest BCUT2D eigenvalue weighted by Gasteiger charge is 2.26. The summed E-state index contributed by atoms with van der Waals surface area (Å²) in [6, 6.07) is 13.5. The maximum absolute atomic E-state index is 13.6. The van der Waals surface area contributed by atoms with Crippen LogP contribution in [0.3, 0.4) is 0 Å². The number of nitrogens with zero attached hydrogens (tertiary/aromatic N) is 4. The van der Waals surface area contributed by atoms with Gasteiger partial charge in [0.2, 0.25) is 5.95 Å². The summed E-state index contributed by atoms with van der Waals surface area (Å²) in [6.07, 6.45) is 1.98. The van der Waals surface area contributed by atoms with E-state index in [0.717, 1.165) is 41.8 Å². The first-order chi connectivity index (χ1) is 15.5. The summed E-state index contributed by atoms with van der Waals surface area (Å²) in [5, 5.41) is 1.57. The number of aromatic nitrogens is 3. The van der Waals surface area contributed by atoms with Crippen molar-refractivity contribution in [2.75, 3.05) is 25.1 Å². The molecule has 2 aromatic carbocycles. The number of hydrogen-bond acceptors (Lipinski definition) is 5. The minimum absolute atomic E-state index is 0.0844. The highest BCUT2D eigenvalue weighted by atomic mass is 35.5. The minimum Gasteiger partial charge on any atom is -0.497 e. The lowest BCUT2D eigenvalue weighted by Crippen LogP contribution is -2.44. The molecule has 1 atom stereocenters. The fourth-order valence-electron chi connectivity index (χ4n) is 4.61. The smallest absolute Gasteiger partial charge is 0.277 e. The van der Waals surface area contributed by atoms with Gasteiger partial charge in [-0.15, -0.1) is 0 Å². The summed E-state index contributed by atoms with van der Waals surface area (Å²) in [7, 11) is 3.40. The zero-order chi connectivity index (χ0) is 22.4. The molecule has 0 bridgehead atoms. The first-order valence-electron chi connectivity index (χ1n) is 10.8. The number of nitrogens with two attached hydrogens (primary N) is 1. The van der Waals surface area contributed by atoms with Crippen LogP contribution < -0.4 is 20.9 Å². The third-order valence-electron chi connectivity index (χ3n) is 6.30. The largest absolute Gasteiger partial charge is 0.497 e. The van der Waals surface area contributed by atoms with Crippen LogP contribution in [-0.4, -0.2) is 40.4 Å². The zero-order valence-electron chi connectivity index (χ0n) is 18.2. The van der Waals surface area contributed by atoms with Crippen LogP contribution in [0.5, 0.6) is 5.75 Å².